The minimum Gasteiger partial charge on any atom is -0.496 e. The fourth-order valence-electron chi connectivity index (χ4n) is 2.93. The second kappa shape index (κ2) is 9.97. The Bertz CT molecular complexity index is 1390. The topological polar surface area (TPSA) is 155 Å². The van der Waals surface area contributed by atoms with E-state index in [9.17, 15) is 20.2 Å². The first kappa shape index (κ1) is 22.7. The van der Waals surface area contributed by atoms with Gasteiger partial charge in [0.2, 0.25) is 0 Å². The van der Waals surface area contributed by atoms with Crippen LogP contribution in [0.5, 0.6) is 5.75 Å². The lowest BCUT2D eigenvalue weighted by Gasteiger charge is -2.13. The van der Waals surface area contributed by atoms with Crippen LogP contribution in [0.25, 0.3) is 11.0 Å². The Morgan fingerprint density at radius 3 is 2.24 bits per heavy atom. The number of non-ortho nitro benzene ring substituents is 2. The number of hydrogen-bond donors (Lipinski definition) is 2. The Hall–Kier alpha value is -4.49. The maximum atomic E-state index is 11.3. The molecule has 1 aromatic heterocycles. The third-order valence-corrected chi connectivity index (χ3v) is 5.09. The first-order valence-corrected chi connectivity index (χ1v) is 10.4. The van der Waals surface area contributed by atoms with Gasteiger partial charge in [0.1, 0.15) is 5.75 Å². The zero-order chi connectivity index (χ0) is 24.1. The summed E-state index contributed by atoms with van der Waals surface area (Å²) >= 11 is 0.859. The number of fused-ring (bicyclic) bond motifs is 1. The maximum absolute atomic E-state index is 11.3. The van der Waals surface area contributed by atoms with E-state index in [4.69, 9.17) is 9.02 Å². The van der Waals surface area contributed by atoms with Gasteiger partial charge in [-0.25, -0.2) is 15.4 Å². The van der Waals surface area contributed by atoms with Crippen molar-refractivity contribution in [2.45, 2.75) is 4.90 Å². The van der Waals surface area contributed by atoms with Crippen molar-refractivity contribution in [1.82, 2.24) is 9.97 Å². The fourth-order valence-corrected chi connectivity index (χ4v) is 3.45. The van der Waals surface area contributed by atoms with Crippen molar-refractivity contribution in [3.05, 3.63) is 87.0 Å². The standard InChI is InChI=1S/C21H16N6O6S/c1-32-16-10-13(9-15(11-16)27(30)31)22-20-21(24-19-8-3-2-7-18(19)23-20)25-33-34-17-6-4-5-14(12-17)26(28)29/h2-12H,1H3,(H,22,23)(H,24,25). The zero-order valence-corrected chi connectivity index (χ0v) is 18.3. The van der Waals surface area contributed by atoms with Crippen LogP contribution >= 0.6 is 12.0 Å². The summed E-state index contributed by atoms with van der Waals surface area (Å²) in [5.41, 5.74) is 3.96. The van der Waals surface area contributed by atoms with Gasteiger partial charge in [-0.3, -0.25) is 20.2 Å². The summed E-state index contributed by atoms with van der Waals surface area (Å²) in [5.74, 6) is 0.723. The van der Waals surface area contributed by atoms with Gasteiger partial charge in [-0.15, -0.1) is 0 Å². The molecule has 4 rings (SSSR count). The van der Waals surface area contributed by atoms with Gasteiger partial charge in [-0.05, 0) is 18.2 Å². The highest BCUT2D eigenvalue weighted by Crippen LogP contribution is 2.31. The molecule has 0 spiro atoms. The highest BCUT2D eigenvalue weighted by atomic mass is 32.2. The highest BCUT2D eigenvalue weighted by molar-refractivity contribution is 7.94. The van der Waals surface area contributed by atoms with Crippen molar-refractivity contribution in [2.75, 3.05) is 17.9 Å². The molecule has 0 fully saturated rings. The molecule has 1 heterocycles. The third kappa shape index (κ3) is 5.28. The van der Waals surface area contributed by atoms with Crippen LogP contribution in [-0.4, -0.2) is 26.9 Å². The molecule has 172 valence electrons. The molecule has 0 amide bonds. The van der Waals surface area contributed by atoms with Crippen molar-refractivity contribution in [2.24, 2.45) is 0 Å². The van der Waals surface area contributed by atoms with E-state index < -0.39 is 9.85 Å². The van der Waals surface area contributed by atoms with Gasteiger partial charge in [0.15, 0.2) is 11.6 Å². The van der Waals surface area contributed by atoms with E-state index in [1.54, 1.807) is 42.5 Å². The smallest absolute Gasteiger partial charge is 0.275 e. The largest absolute Gasteiger partial charge is 0.496 e. The second-order valence-electron chi connectivity index (χ2n) is 6.73. The van der Waals surface area contributed by atoms with Crippen LogP contribution in [0.1, 0.15) is 0 Å². The number of benzene rings is 3. The summed E-state index contributed by atoms with van der Waals surface area (Å²) in [7, 11) is 1.41. The number of aromatic nitrogens is 2. The molecule has 0 aliphatic rings. The van der Waals surface area contributed by atoms with Gasteiger partial charge in [0.05, 0.1) is 51.8 Å². The molecule has 0 bridgehead atoms. The van der Waals surface area contributed by atoms with Crippen LogP contribution in [0.2, 0.25) is 0 Å². The number of rotatable bonds is 9. The van der Waals surface area contributed by atoms with Crippen LogP contribution < -0.4 is 15.5 Å². The molecule has 0 atom stereocenters. The number of nitro benzene ring substituents is 2. The Kier molecular flexibility index (Phi) is 6.66. The molecular weight excluding hydrogens is 464 g/mol. The number of nitrogens with zero attached hydrogens (tertiary/aromatic N) is 4. The summed E-state index contributed by atoms with van der Waals surface area (Å²) in [6.07, 6.45) is 0. The molecule has 0 aliphatic heterocycles. The number of hydrogen-bond acceptors (Lipinski definition) is 11. The molecule has 0 unspecified atom stereocenters. The van der Waals surface area contributed by atoms with Gasteiger partial charge in [-0.1, -0.05) is 18.2 Å². The van der Waals surface area contributed by atoms with Crippen molar-refractivity contribution >= 4 is 51.8 Å². The van der Waals surface area contributed by atoms with E-state index in [0.29, 0.717) is 21.6 Å². The lowest BCUT2D eigenvalue weighted by atomic mass is 10.2. The van der Waals surface area contributed by atoms with E-state index in [1.165, 1.54) is 31.4 Å². The number of methoxy groups -OCH3 is 1. The highest BCUT2D eigenvalue weighted by Gasteiger charge is 2.15. The van der Waals surface area contributed by atoms with E-state index in [-0.39, 0.29) is 28.8 Å². The average Bonchev–Trinajstić information content (AvgIpc) is 2.84. The van der Waals surface area contributed by atoms with Crippen LogP contribution in [0.4, 0.5) is 28.7 Å². The van der Waals surface area contributed by atoms with Gasteiger partial charge >= 0.3 is 0 Å². The van der Waals surface area contributed by atoms with Crippen molar-refractivity contribution in [1.29, 1.82) is 0 Å². The summed E-state index contributed by atoms with van der Waals surface area (Å²) in [5, 5.41) is 25.2. The average molecular weight is 480 g/mol. The summed E-state index contributed by atoms with van der Waals surface area (Å²) in [4.78, 5) is 30.7. The minimum atomic E-state index is -0.530. The molecule has 0 saturated heterocycles. The molecule has 3 aromatic carbocycles. The van der Waals surface area contributed by atoms with E-state index in [0.717, 1.165) is 12.0 Å². The minimum absolute atomic E-state index is 0.0685. The number of anilines is 3. The molecule has 12 nitrogen and oxygen atoms in total. The van der Waals surface area contributed by atoms with Crippen molar-refractivity contribution in [3.63, 3.8) is 0 Å². The van der Waals surface area contributed by atoms with E-state index in [1.807, 2.05) is 0 Å². The van der Waals surface area contributed by atoms with Crippen molar-refractivity contribution in [3.8, 4) is 5.75 Å². The van der Waals surface area contributed by atoms with Crippen LogP contribution in [-0.2, 0) is 4.28 Å². The fraction of sp³-hybridized carbons (Fsp3) is 0.0476. The molecule has 34 heavy (non-hydrogen) atoms. The third-order valence-electron chi connectivity index (χ3n) is 4.48. The second-order valence-corrected chi connectivity index (χ2v) is 7.54. The molecule has 13 heteroatoms. The SMILES string of the molecule is COc1cc(Nc2nc3ccccc3nc2NOSc2cccc([N+](=O)[O-])c2)cc([N+](=O)[O-])c1. The normalized spacial score (nSPS) is 10.6. The first-order chi connectivity index (χ1) is 16.4. The van der Waals surface area contributed by atoms with Gasteiger partial charge < -0.3 is 10.1 Å². The summed E-state index contributed by atoms with van der Waals surface area (Å²) < 4.78 is 10.6. The molecule has 0 saturated carbocycles. The van der Waals surface area contributed by atoms with E-state index >= 15 is 0 Å². The Balaban J connectivity index is 1.62. The Labute approximate surface area is 196 Å². The number of nitrogens with one attached hydrogen (secondary N) is 2. The van der Waals surface area contributed by atoms with Crippen LogP contribution in [0.3, 0.4) is 0 Å². The zero-order valence-electron chi connectivity index (χ0n) is 17.5. The van der Waals surface area contributed by atoms with Gasteiger partial charge in [0, 0.05) is 29.2 Å². The summed E-state index contributed by atoms with van der Waals surface area (Å²) in [6, 6.07) is 17.3. The van der Waals surface area contributed by atoms with Gasteiger partial charge in [0.25, 0.3) is 11.4 Å². The first-order valence-electron chi connectivity index (χ1n) is 9.64. The molecule has 0 radical (unpaired) electrons. The predicted octanol–water partition coefficient (Wildman–Crippen LogP) is 5.25. The molecule has 2 N–H and O–H groups in total. The summed E-state index contributed by atoms with van der Waals surface area (Å²) in [6.45, 7) is 0. The Morgan fingerprint density at radius 2 is 1.56 bits per heavy atom. The lowest BCUT2D eigenvalue weighted by Crippen LogP contribution is -2.05. The molecule has 0 aliphatic carbocycles. The Morgan fingerprint density at radius 1 is 0.853 bits per heavy atom. The predicted molar refractivity (Wildman–Crippen MR) is 126 cm³/mol. The molecule has 4 aromatic rings. The number of ether oxygens (including phenoxy) is 1. The lowest BCUT2D eigenvalue weighted by molar-refractivity contribution is -0.385. The van der Waals surface area contributed by atoms with Gasteiger partial charge in [-0.2, -0.15) is 4.28 Å². The monoisotopic (exact) mass is 480 g/mol. The quantitative estimate of drug-likeness (QED) is 0.183. The molecular formula is C21H16N6O6S. The maximum Gasteiger partial charge on any atom is 0.275 e. The van der Waals surface area contributed by atoms with E-state index in [2.05, 4.69) is 20.8 Å². The number of nitro groups is 2. The van der Waals surface area contributed by atoms with Crippen LogP contribution in [0, 0.1) is 20.2 Å². The van der Waals surface area contributed by atoms with Crippen molar-refractivity contribution < 1.29 is 18.9 Å². The van der Waals surface area contributed by atoms with Crippen LogP contribution in [0.15, 0.2) is 71.6 Å². The number of para-hydroxylation sites is 2.